The van der Waals surface area contributed by atoms with Crippen molar-refractivity contribution in [2.75, 3.05) is 10.7 Å². The second kappa shape index (κ2) is 4.93. The molecule has 8 heteroatoms. The summed E-state index contributed by atoms with van der Waals surface area (Å²) in [5.41, 5.74) is 3.27. The number of aromatic amines is 1. The number of rotatable bonds is 3. The summed E-state index contributed by atoms with van der Waals surface area (Å²) >= 11 is 3.24. The van der Waals surface area contributed by atoms with Crippen LogP contribution in [0.15, 0.2) is 29.1 Å². The topological polar surface area (TPSA) is 109 Å². The number of hydrogen-bond acceptors (Lipinski definition) is 5. The van der Waals surface area contributed by atoms with Crippen molar-refractivity contribution in [1.82, 2.24) is 15.2 Å². The molecule has 0 spiro atoms. The van der Waals surface area contributed by atoms with Gasteiger partial charge in [-0.1, -0.05) is 0 Å². The minimum absolute atomic E-state index is 0.300. The number of carbonyl (C=O) groups excluding carboxylic acids is 1. The van der Waals surface area contributed by atoms with Crippen molar-refractivity contribution in [2.45, 2.75) is 0 Å². The summed E-state index contributed by atoms with van der Waals surface area (Å²) in [6.07, 6.45) is 4.61. The van der Waals surface area contributed by atoms with Gasteiger partial charge in [-0.2, -0.15) is 5.10 Å². The van der Waals surface area contributed by atoms with Gasteiger partial charge in [0.05, 0.1) is 17.4 Å². The molecule has 2 aromatic heterocycles. The molecule has 0 saturated heterocycles. The molecule has 7 nitrogen and oxygen atoms in total. The fraction of sp³-hybridized carbons (Fsp3) is 0. The first-order valence-electron chi connectivity index (χ1n) is 4.63. The number of nitrogens with one attached hydrogen (secondary N) is 3. The van der Waals surface area contributed by atoms with Gasteiger partial charge in [0.1, 0.15) is 0 Å². The highest BCUT2D eigenvalue weighted by Crippen LogP contribution is 2.18. The maximum Gasteiger partial charge on any atom is 0.259 e. The Morgan fingerprint density at radius 1 is 1.47 bits per heavy atom. The third kappa shape index (κ3) is 2.60. The Morgan fingerprint density at radius 3 is 2.94 bits per heavy atom. The lowest BCUT2D eigenvalue weighted by atomic mass is 10.2. The van der Waals surface area contributed by atoms with E-state index >= 15 is 0 Å². The van der Waals surface area contributed by atoms with E-state index in [2.05, 4.69) is 41.9 Å². The summed E-state index contributed by atoms with van der Waals surface area (Å²) in [7, 11) is 0. The summed E-state index contributed by atoms with van der Waals surface area (Å²) in [5, 5.41) is 8.97. The smallest absolute Gasteiger partial charge is 0.259 e. The Labute approximate surface area is 105 Å². The van der Waals surface area contributed by atoms with E-state index in [0.717, 1.165) is 0 Å². The molecule has 0 saturated carbocycles. The van der Waals surface area contributed by atoms with E-state index in [4.69, 9.17) is 5.84 Å². The molecule has 2 heterocycles. The molecular weight excluding hydrogens is 288 g/mol. The Morgan fingerprint density at radius 2 is 2.29 bits per heavy atom. The molecular formula is C9H9BrN6O. The van der Waals surface area contributed by atoms with Gasteiger partial charge in [-0.15, -0.1) is 0 Å². The molecule has 0 aromatic carbocycles. The Kier molecular flexibility index (Phi) is 3.35. The van der Waals surface area contributed by atoms with Gasteiger partial charge < -0.3 is 10.7 Å². The molecule has 88 valence electrons. The number of hydrogen-bond donors (Lipinski definition) is 4. The first kappa shape index (κ1) is 11.6. The van der Waals surface area contributed by atoms with Crippen LogP contribution in [0.25, 0.3) is 0 Å². The highest BCUT2D eigenvalue weighted by Gasteiger charge is 2.13. The molecule has 0 radical (unpaired) electrons. The number of hydrazine groups is 1. The maximum absolute atomic E-state index is 11.9. The lowest BCUT2D eigenvalue weighted by Crippen LogP contribution is -2.18. The number of nitrogens with two attached hydrogens (primary N) is 1. The predicted molar refractivity (Wildman–Crippen MR) is 66.3 cm³/mol. The number of carbonyl (C=O) groups is 1. The third-order valence-electron chi connectivity index (χ3n) is 1.99. The standard InChI is InChI=1S/C9H9BrN6O/c10-5-1-7(8(16-11)12-2-5)9(17)15-6-3-13-14-4-6/h1-4H,11H2,(H,12,16)(H,13,14)(H,15,17). The highest BCUT2D eigenvalue weighted by molar-refractivity contribution is 9.10. The largest absolute Gasteiger partial charge is 0.319 e. The van der Waals surface area contributed by atoms with Gasteiger partial charge >= 0.3 is 0 Å². The summed E-state index contributed by atoms with van der Waals surface area (Å²) < 4.78 is 0.689. The van der Waals surface area contributed by atoms with E-state index in [1.54, 1.807) is 18.5 Å². The van der Waals surface area contributed by atoms with Crippen LogP contribution in [0.2, 0.25) is 0 Å². The van der Waals surface area contributed by atoms with Gasteiger partial charge in [0.2, 0.25) is 0 Å². The second-order valence-electron chi connectivity index (χ2n) is 3.14. The quantitative estimate of drug-likeness (QED) is 0.501. The van der Waals surface area contributed by atoms with Crippen LogP contribution in [-0.2, 0) is 0 Å². The van der Waals surface area contributed by atoms with Crippen molar-refractivity contribution >= 4 is 33.3 Å². The van der Waals surface area contributed by atoms with Crippen molar-refractivity contribution in [1.29, 1.82) is 0 Å². The number of halogens is 1. The molecule has 0 aliphatic carbocycles. The highest BCUT2D eigenvalue weighted by atomic mass is 79.9. The zero-order valence-electron chi connectivity index (χ0n) is 8.57. The van der Waals surface area contributed by atoms with Crippen molar-refractivity contribution in [3.63, 3.8) is 0 Å². The Bertz CT molecular complexity index is 526. The average Bonchev–Trinajstić information content (AvgIpc) is 2.81. The zero-order valence-corrected chi connectivity index (χ0v) is 10.2. The first-order chi connectivity index (χ1) is 8.20. The number of nitrogen functional groups attached to an aromatic ring is 1. The Hall–Kier alpha value is -1.93. The summed E-state index contributed by atoms with van der Waals surface area (Å²) in [4.78, 5) is 15.9. The number of pyridine rings is 1. The summed E-state index contributed by atoms with van der Waals surface area (Å²) in [6, 6.07) is 1.62. The molecule has 5 N–H and O–H groups in total. The molecule has 0 bridgehead atoms. The van der Waals surface area contributed by atoms with E-state index < -0.39 is 0 Å². The van der Waals surface area contributed by atoms with Crippen molar-refractivity contribution in [3.05, 3.63) is 34.7 Å². The van der Waals surface area contributed by atoms with Crippen LogP contribution >= 0.6 is 15.9 Å². The number of aromatic nitrogens is 3. The predicted octanol–water partition coefficient (Wildman–Crippen LogP) is 1.11. The molecule has 0 fully saturated rings. The van der Waals surface area contributed by atoms with Crippen LogP contribution in [0.3, 0.4) is 0 Å². The molecule has 2 rings (SSSR count). The molecule has 2 aromatic rings. The third-order valence-corrected chi connectivity index (χ3v) is 2.43. The van der Waals surface area contributed by atoms with Crippen LogP contribution in [-0.4, -0.2) is 21.1 Å². The molecule has 0 unspecified atom stereocenters. The van der Waals surface area contributed by atoms with E-state index in [1.807, 2.05) is 0 Å². The van der Waals surface area contributed by atoms with E-state index in [0.29, 0.717) is 21.5 Å². The fourth-order valence-electron chi connectivity index (χ4n) is 1.25. The molecule has 0 aliphatic heterocycles. The number of amides is 1. The second-order valence-corrected chi connectivity index (χ2v) is 4.05. The van der Waals surface area contributed by atoms with E-state index in [-0.39, 0.29) is 5.91 Å². The molecule has 0 aliphatic rings. The number of anilines is 2. The average molecular weight is 297 g/mol. The van der Waals surface area contributed by atoms with Gasteiger partial charge in [-0.05, 0) is 22.0 Å². The van der Waals surface area contributed by atoms with Crippen molar-refractivity contribution in [3.8, 4) is 0 Å². The van der Waals surface area contributed by atoms with Crippen molar-refractivity contribution in [2.24, 2.45) is 5.84 Å². The van der Waals surface area contributed by atoms with E-state index in [9.17, 15) is 4.79 Å². The monoisotopic (exact) mass is 296 g/mol. The van der Waals surface area contributed by atoms with Crippen LogP contribution in [0.1, 0.15) is 10.4 Å². The van der Waals surface area contributed by atoms with Crippen LogP contribution in [0.4, 0.5) is 11.5 Å². The summed E-state index contributed by atoms with van der Waals surface area (Å²) in [6.45, 7) is 0. The van der Waals surface area contributed by atoms with Gasteiger partial charge in [-0.3, -0.25) is 9.89 Å². The molecule has 1 amide bonds. The zero-order chi connectivity index (χ0) is 12.3. The van der Waals surface area contributed by atoms with Crippen LogP contribution in [0.5, 0.6) is 0 Å². The number of H-pyrrole nitrogens is 1. The lowest BCUT2D eigenvalue weighted by molar-refractivity contribution is 0.102. The SMILES string of the molecule is NNc1ncc(Br)cc1C(=O)Nc1cn[nH]c1. The first-order valence-corrected chi connectivity index (χ1v) is 5.42. The van der Waals surface area contributed by atoms with Crippen LogP contribution < -0.4 is 16.6 Å². The van der Waals surface area contributed by atoms with E-state index in [1.165, 1.54) is 6.20 Å². The Balaban J connectivity index is 2.26. The van der Waals surface area contributed by atoms with Gasteiger partial charge in [-0.25, -0.2) is 10.8 Å². The minimum atomic E-state index is -0.326. The summed E-state index contributed by atoms with van der Waals surface area (Å²) in [5.74, 6) is 5.26. The normalized spacial score (nSPS) is 10.0. The number of nitrogens with zero attached hydrogens (tertiary/aromatic N) is 2. The lowest BCUT2D eigenvalue weighted by Gasteiger charge is -2.07. The van der Waals surface area contributed by atoms with Gasteiger partial charge in [0.15, 0.2) is 5.82 Å². The van der Waals surface area contributed by atoms with Crippen LogP contribution in [0, 0.1) is 0 Å². The molecule has 0 atom stereocenters. The van der Waals surface area contributed by atoms with Crippen molar-refractivity contribution < 1.29 is 4.79 Å². The molecule has 17 heavy (non-hydrogen) atoms. The minimum Gasteiger partial charge on any atom is -0.319 e. The van der Waals surface area contributed by atoms with Gasteiger partial charge in [0.25, 0.3) is 5.91 Å². The fourth-order valence-corrected chi connectivity index (χ4v) is 1.58. The van der Waals surface area contributed by atoms with Gasteiger partial charge in [0, 0.05) is 16.9 Å². The maximum atomic E-state index is 11.9.